The SMILES string of the molecule is Cc1ccc(C#Cc2nc3ncccc3nc2OCCCN2CCCC2=O)cc1. The molecule has 2 aromatic heterocycles. The third-order valence-corrected chi connectivity index (χ3v) is 4.77. The molecule has 4 rings (SSSR count). The summed E-state index contributed by atoms with van der Waals surface area (Å²) in [5.74, 6) is 6.83. The molecule has 3 aromatic rings. The Balaban J connectivity index is 1.52. The molecule has 1 aromatic carbocycles. The van der Waals surface area contributed by atoms with Crippen LogP contribution in [-0.4, -0.2) is 45.5 Å². The normalized spacial score (nSPS) is 13.4. The number of carbonyl (C=O) groups excluding carboxylic acids is 1. The van der Waals surface area contributed by atoms with Crippen molar-refractivity contribution in [1.82, 2.24) is 19.9 Å². The lowest BCUT2D eigenvalue weighted by Gasteiger charge is -2.15. The topological polar surface area (TPSA) is 68.2 Å². The van der Waals surface area contributed by atoms with Crippen LogP contribution in [0.25, 0.3) is 11.2 Å². The standard InChI is InChI=1S/C23H22N4O2/c1-17-7-9-18(10-8-17)11-12-20-23(26-19-5-2-13-24-22(19)25-20)29-16-4-15-27-14-3-6-21(27)28/h2,5,7-10,13H,3-4,6,14-16H2,1H3. The quantitative estimate of drug-likeness (QED) is 0.498. The van der Waals surface area contributed by atoms with E-state index in [0.29, 0.717) is 42.3 Å². The lowest BCUT2D eigenvalue weighted by atomic mass is 10.1. The van der Waals surface area contributed by atoms with Gasteiger partial charge in [-0.1, -0.05) is 23.6 Å². The molecule has 0 bridgehead atoms. The van der Waals surface area contributed by atoms with Crippen LogP contribution in [0.3, 0.4) is 0 Å². The van der Waals surface area contributed by atoms with Gasteiger partial charge in [0.25, 0.3) is 0 Å². The number of aryl methyl sites for hydroxylation is 1. The molecule has 3 heterocycles. The average Bonchev–Trinajstić information content (AvgIpc) is 3.15. The number of aromatic nitrogens is 3. The first-order chi connectivity index (χ1) is 14.2. The van der Waals surface area contributed by atoms with Crippen molar-refractivity contribution >= 4 is 17.1 Å². The van der Waals surface area contributed by atoms with E-state index in [2.05, 4.69) is 26.8 Å². The Labute approximate surface area is 170 Å². The Bertz CT molecular complexity index is 1080. The van der Waals surface area contributed by atoms with Crippen molar-refractivity contribution in [2.75, 3.05) is 19.7 Å². The summed E-state index contributed by atoms with van der Waals surface area (Å²) in [7, 11) is 0. The molecule has 1 aliphatic heterocycles. The summed E-state index contributed by atoms with van der Waals surface area (Å²) < 4.78 is 5.91. The Morgan fingerprint density at radius 1 is 1.14 bits per heavy atom. The number of ether oxygens (including phenoxy) is 1. The molecule has 0 aliphatic carbocycles. The van der Waals surface area contributed by atoms with Crippen molar-refractivity contribution in [3.05, 3.63) is 59.4 Å². The smallest absolute Gasteiger partial charge is 0.249 e. The number of pyridine rings is 1. The van der Waals surface area contributed by atoms with E-state index in [1.807, 2.05) is 48.2 Å². The van der Waals surface area contributed by atoms with Gasteiger partial charge < -0.3 is 9.64 Å². The first-order valence-electron chi connectivity index (χ1n) is 9.81. The minimum absolute atomic E-state index is 0.228. The van der Waals surface area contributed by atoms with E-state index >= 15 is 0 Å². The van der Waals surface area contributed by atoms with Gasteiger partial charge in [0.2, 0.25) is 11.8 Å². The number of hydrogen-bond acceptors (Lipinski definition) is 5. The lowest BCUT2D eigenvalue weighted by molar-refractivity contribution is -0.127. The largest absolute Gasteiger partial charge is 0.476 e. The monoisotopic (exact) mass is 386 g/mol. The van der Waals surface area contributed by atoms with Gasteiger partial charge in [-0.3, -0.25) is 4.79 Å². The van der Waals surface area contributed by atoms with E-state index in [9.17, 15) is 4.79 Å². The summed E-state index contributed by atoms with van der Waals surface area (Å²) in [5.41, 5.74) is 3.76. The highest BCUT2D eigenvalue weighted by Gasteiger charge is 2.19. The molecule has 0 spiro atoms. The van der Waals surface area contributed by atoms with Crippen LogP contribution < -0.4 is 4.74 Å². The van der Waals surface area contributed by atoms with E-state index in [-0.39, 0.29) is 5.91 Å². The van der Waals surface area contributed by atoms with Crippen LogP contribution in [0.5, 0.6) is 5.88 Å². The molecule has 0 N–H and O–H groups in total. The second-order valence-electron chi connectivity index (χ2n) is 7.03. The fourth-order valence-corrected chi connectivity index (χ4v) is 3.19. The number of amides is 1. The molecule has 29 heavy (non-hydrogen) atoms. The predicted molar refractivity (Wildman–Crippen MR) is 110 cm³/mol. The zero-order chi connectivity index (χ0) is 20.1. The lowest BCUT2D eigenvalue weighted by Crippen LogP contribution is -2.26. The Hall–Kier alpha value is -3.46. The maximum Gasteiger partial charge on any atom is 0.249 e. The van der Waals surface area contributed by atoms with Crippen LogP contribution in [0.15, 0.2) is 42.6 Å². The maximum absolute atomic E-state index is 11.7. The predicted octanol–water partition coefficient (Wildman–Crippen LogP) is 3.12. The average molecular weight is 386 g/mol. The number of hydrogen-bond donors (Lipinski definition) is 0. The summed E-state index contributed by atoms with van der Waals surface area (Å²) in [4.78, 5) is 27.0. The van der Waals surface area contributed by atoms with E-state index in [1.54, 1.807) is 6.20 Å². The summed E-state index contributed by atoms with van der Waals surface area (Å²) in [6.07, 6.45) is 4.02. The zero-order valence-corrected chi connectivity index (χ0v) is 16.4. The molecule has 6 heteroatoms. The number of fused-ring (bicyclic) bond motifs is 1. The number of benzene rings is 1. The summed E-state index contributed by atoms with van der Waals surface area (Å²) in [5, 5.41) is 0. The van der Waals surface area contributed by atoms with Crippen LogP contribution in [0.1, 0.15) is 36.1 Å². The molecule has 6 nitrogen and oxygen atoms in total. The Morgan fingerprint density at radius 2 is 2.00 bits per heavy atom. The van der Waals surface area contributed by atoms with Crippen molar-refractivity contribution in [3.63, 3.8) is 0 Å². The van der Waals surface area contributed by atoms with Gasteiger partial charge >= 0.3 is 0 Å². The molecule has 146 valence electrons. The number of carbonyl (C=O) groups is 1. The maximum atomic E-state index is 11.7. The summed E-state index contributed by atoms with van der Waals surface area (Å²) in [6, 6.07) is 11.7. The van der Waals surface area contributed by atoms with Gasteiger partial charge in [-0.05, 0) is 50.0 Å². The van der Waals surface area contributed by atoms with E-state index < -0.39 is 0 Å². The molecular formula is C23H22N4O2. The van der Waals surface area contributed by atoms with Crippen LogP contribution in [0.4, 0.5) is 0 Å². The third kappa shape index (κ3) is 4.69. The van der Waals surface area contributed by atoms with E-state index in [0.717, 1.165) is 24.9 Å². The van der Waals surface area contributed by atoms with Gasteiger partial charge in [0.1, 0.15) is 5.52 Å². The molecule has 0 atom stereocenters. The first-order valence-corrected chi connectivity index (χ1v) is 9.81. The molecule has 0 unspecified atom stereocenters. The van der Waals surface area contributed by atoms with Crippen LogP contribution in [-0.2, 0) is 4.79 Å². The number of likely N-dealkylation sites (tertiary alicyclic amines) is 1. The Morgan fingerprint density at radius 3 is 2.79 bits per heavy atom. The van der Waals surface area contributed by atoms with Crippen molar-refractivity contribution in [1.29, 1.82) is 0 Å². The van der Waals surface area contributed by atoms with Gasteiger partial charge in [-0.25, -0.2) is 15.0 Å². The van der Waals surface area contributed by atoms with Crippen LogP contribution >= 0.6 is 0 Å². The highest BCUT2D eigenvalue weighted by molar-refractivity contribution is 5.78. The van der Waals surface area contributed by atoms with Crippen molar-refractivity contribution in [2.24, 2.45) is 0 Å². The fourth-order valence-electron chi connectivity index (χ4n) is 3.19. The van der Waals surface area contributed by atoms with Crippen molar-refractivity contribution in [3.8, 4) is 17.7 Å². The van der Waals surface area contributed by atoms with E-state index in [1.165, 1.54) is 5.56 Å². The molecule has 1 amide bonds. The molecule has 1 fully saturated rings. The van der Waals surface area contributed by atoms with Gasteiger partial charge in [0, 0.05) is 31.3 Å². The van der Waals surface area contributed by atoms with Gasteiger partial charge in [0.05, 0.1) is 6.61 Å². The summed E-state index contributed by atoms with van der Waals surface area (Å²) in [6.45, 7) is 4.03. The fraction of sp³-hybridized carbons (Fsp3) is 0.304. The number of rotatable bonds is 5. The minimum Gasteiger partial charge on any atom is -0.476 e. The second-order valence-corrected chi connectivity index (χ2v) is 7.03. The summed E-state index contributed by atoms with van der Waals surface area (Å²) >= 11 is 0. The molecular weight excluding hydrogens is 364 g/mol. The van der Waals surface area contributed by atoms with E-state index in [4.69, 9.17) is 4.74 Å². The zero-order valence-electron chi connectivity index (χ0n) is 16.4. The van der Waals surface area contributed by atoms with Crippen molar-refractivity contribution < 1.29 is 9.53 Å². The van der Waals surface area contributed by atoms with Crippen molar-refractivity contribution in [2.45, 2.75) is 26.2 Å². The highest BCUT2D eigenvalue weighted by atomic mass is 16.5. The molecule has 1 aliphatic rings. The Kier molecular flexibility index (Phi) is 5.66. The van der Waals surface area contributed by atoms with Gasteiger partial charge in [0.15, 0.2) is 11.3 Å². The molecule has 0 saturated carbocycles. The molecule has 1 saturated heterocycles. The van der Waals surface area contributed by atoms with Gasteiger partial charge in [-0.2, -0.15) is 0 Å². The highest BCUT2D eigenvalue weighted by Crippen LogP contribution is 2.18. The van der Waals surface area contributed by atoms with Gasteiger partial charge in [-0.15, -0.1) is 0 Å². The minimum atomic E-state index is 0.228. The second kappa shape index (κ2) is 8.70. The third-order valence-electron chi connectivity index (χ3n) is 4.77. The number of nitrogens with zero attached hydrogens (tertiary/aromatic N) is 4. The van der Waals surface area contributed by atoms with Crippen LogP contribution in [0.2, 0.25) is 0 Å². The van der Waals surface area contributed by atoms with Crippen LogP contribution in [0, 0.1) is 18.8 Å². The first kappa shape index (κ1) is 18.9. The molecule has 0 radical (unpaired) electrons.